The van der Waals surface area contributed by atoms with E-state index in [1.807, 2.05) is 0 Å². The topological polar surface area (TPSA) is 20.3 Å². The Balaban J connectivity index is 2.25. The van der Waals surface area contributed by atoms with Crippen LogP contribution in [0.4, 0.5) is 0 Å². The quantitative estimate of drug-likeness (QED) is 0.497. The summed E-state index contributed by atoms with van der Waals surface area (Å²) in [7, 11) is 0. The fraction of sp³-hybridized carbons (Fsp3) is 0.800. The van der Waals surface area contributed by atoms with Gasteiger partial charge >= 0.3 is 0 Å². The Morgan fingerprint density at radius 2 is 2.25 bits per heavy atom. The van der Waals surface area contributed by atoms with E-state index >= 15 is 0 Å². The average Bonchev–Trinajstić information content (AvgIpc) is 1.57. The second-order valence-electron chi connectivity index (χ2n) is 2.02. The van der Waals surface area contributed by atoms with Crippen molar-refractivity contribution in [2.45, 2.75) is 11.8 Å². The largest absolute Gasteiger partial charge is 0.341 e. The molecule has 0 unspecified atom stereocenters. The summed E-state index contributed by atoms with van der Waals surface area (Å²) < 4.78 is 0. The molecule has 0 atom stereocenters. The van der Waals surface area contributed by atoms with Crippen molar-refractivity contribution in [1.82, 2.24) is 4.90 Å². The summed E-state index contributed by atoms with van der Waals surface area (Å²) in [6.45, 7) is 3.36. The number of carbonyl (C=O) groups excluding carboxylic acids is 1. The van der Waals surface area contributed by atoms with E-state index in [1.165, 1.54) is 0 Å². The highest BCUT2D eigenvalue weighted by atomic mass is 79.9. The lowest BCUT2D eigenvalue weighted by molar-refractivity contribution is -0.131. The van der Waals surface area contributed by atoms with Gasteiger partial charge in [-0.25, -0.2) is 0 Å². The van der Waals surface area contributed by atoms with Gasteiger partial charge in [0.15, 0.2) is 0 Å². The molecule has 3 heteroatoms. The lowest BCUT2D eigenvalue weighted by atomic mass is 10.2. The van der Waals surface area contributed by atoms with E-state index in [2.05, 4.69) is 15.9 Å². The molecule has 8 heavy (non-hydrogen) atoms. The van der Waals surface area contributed by atoms with E-state index in [0.717, 1.165) is 13.1 Å². The molecule has 0 aromatic heterocycles. The van der Waals surface area contributed by atoms with Crippen LogP contribution in [-0.4, -0.2) is 28.7 Å². The number of likely N-dealkylation sites (tertiary alicyclic amines) is 1. The van der Waals surface area contributed by atoms with Crippen molar-refractivity contribution < 1.29 is 4.79 Å². The molecule has 0 aliphatic carbocycles. The molecule has 1 aliphatic heterocycles. The molecule has 0 spiro atoms. The highest BCUT2D eigenvalue weighted by molar-refractivity contribution is 9.09. The van der Waals surface area contributed by atoms with Gasteiger partial charge in [0, 0.05) is 24.8 Å². The molecule has 1 saturated heterocycles. The molecule has 2 nitrogen and oxygen atoms in total. The minimum Gasteiger partial charge on any atom is -0.341 e. The van der Waals surface area contributed by atoms with Crippen molar-refractivity contribution in [2.75, 3.05) is 13.1 Å². The van der Waals surface area contributed by atoms with Crippen LogP contribution in [0.15, 0.2) is 0 Å². The Bertz CT molecular complexity index is 109. The van der Waals surface area contributed by atoms with Crippen LogP contribution in [0.3, 0.4) is 0 Å². The van der Waals surface area contributed by atoms with Crippen molar-refractivity contribution >= 4 is 21.8 Å². The Hall–Kier alpha value is -0.0500. The maximum Gasteiger partial charge on any atom is 0.219 e. The molecular formula is C5H8BrNO. The number of halogens is 1. The second-order valence-corrected chi connectivity index (χ2v) is 3.32. The summed E-state index contributed by atoms with van der Waals surface area (Å²) in [6, 6.07) is 0. The maximum atomic E-state index is 10.5. The van der Waals surface area contributed by atoms with Crippen LogP contribution in [0, 0.1) is 0 Å². The first kappa shape index (κ1) is 6.08. The van der Waals surface area contributed by atoms with Gasteiger partial charge in [-0.05, 0) is 0 Å². The third kappa shape index (κ3) is 1.02. The molecule has 0 aromatic carbocycles. The standard InChI is InChI=1S/C5H8BrNO/c1-4(8)7-2-5(6)3-7/h5H,2-3H2,1H3. The predicted molar refractivity (Wildman–Crippen MR) is 35.0 cm³/mol. The third-order valence-electron chi connectivity index (χ3n) is 1.28. The molecule has 0 bridgehead atoms. The first-order valence-electron chi connectivity index (χ1n) is 2.59. The van der Waals surface area contributed by atoms with Crippen molar-refractivity contribution in [3.05, 3.63) is 0 Å². The fourth-order valence-corrected chi connectivity index (χ4v) is 1.38. The number of hydrogen-bond donors (Lipinski definition) is 0. The third-order valence-corrected chi connectivity index (χ3v) is 1.86. The van der Waals surface area contributed by atoms with E-state index in [9.17, 15) is 4.79 Å². The van der Waals surface area contributed by atoms with Gasteiger partial charge in [0.1, 0.15) is 0 Å². The first-order chi connectivity index (χ1) is 3.70. The van der Waals surface area contributed by atoms with Gasteiger partial charge < -0.3 is 4.90 Å². The van der Waals surface area contributed by atoms with Crippen LogP contribution in [0.2, 0.25) is 0 Å². The Morgan fingerprint density at radius 1 is 1.75 bits per heavy atom. The highest BCUT2D eigenvalue weighted by Gasteiger charge is 2.25. The lowest BCUT2D eigenvalue weighted by Gasteiger charge is -2.34. The fourth-order valence-electron chi connectivity index (χ4n) is 0.682. The maximum absolute atomic E-state index is 10.5. The van der Waals surface area contributed by atoms with Crippen LogP contribution in [-0.2, 0) is 4.79 Å². The SMILES string of the molecule is CC(=O)N1CC(Br)C1. The van der Waals surface area contributed by atoms with Crippen molar-refractivity contribution in [3.8, 4) is 0 Å². The summed E-state index contributed by atoms with van der Waals surface area (Å²) in [5, 5.41) is 0. The Kier molecular flexibility index (Phi) is 1.56. The molecule has 0 aromatic rings. The average molecular weight is 178 g/mol. The van der Waals surface area contributed by atoms with Crippen molar-refractivity contribution in [2.24, 2.45) is 0 Å². The van der Waals surface area contributed by atoms with Gasteiger partial charge in [-0.3, -0.25) is 4.79 Å². The van der Waals surface area contributed by atoms with E-state index in [4.69, 9.17) is 0 Å². The van der Waals surface area contributed by atoms with Gasteiger partial charge in [0.2, 0.25) is 5.91 Å². The molecule has 46 valence electrons. The molecular weight excluding hydrogens is 170 g/mol. The Morgan fingerprint density at radius 3 is 2.38 bits per heavy atom. The Labute approximate surface area is 57.0 Å². The molecule has 0 saturated carbocycles. The number of amides is 1. The summed E-state index contributed by atoms with van der Waals surface area (Å²) in [6.07, 6.45) is 0. The molecule has 0 N–H and O–H groups in total. The summed E-state index contributed by atoms with van der Waals surface area (Å²) >= 11 is 3.37. The first-order valence-corrected chi connectivity index (χ1v) is 3.51. The number of carbonyl (C=O) groups is 1. The zero-order chi connectivity index (χ0) is 6.15. The molecule has 0 radical (unpaired) electrons. The number of hydrogen-bond acceptors (Lipinski definition) is 1. The number of rotatable bonds is 0. The van der Waals surface area contributed by atoms with Gasteiger partial charge in [-0.1, -0.05) is 15.9 Å². The molecule has 1 heterocycles. The smallest absolute Gasteiger partial charge is 0.219 e. The van der Waals surface area contributed by atoms with Gasteiger partial charge in [-0.2, -0.15) is 0 Å². The molecule has 1 fully saturated rings. The van der Waals surface area contributed by atoms with Gasteiger partial charge in [0.25, 0.3) is 0 Å². The normalized spacial score (nSPS) is 20.5. The summed E-state index contributed by atoms with van der Waals surface area (Å²) in [5.74, 6) is 0.181. The van der Waals surface area contributed by atoms with Gasteiger partial charge in [0.05, 0.1) is 0 Å². The monoisotopic (exact) mass is 177 g/mol. The van der Waals surface area contributed by atoms with E-state index in [1.54, 1.807) is 11.8 Å². The highest BCUT2D eigenvalue weighted by Crippen LogP contribution is 2.14. The van der Waals surface area contributed by atoms with Crippen molar-refractivity contribution in [1.29, 1.82) is 0 Å². The predicted octanol–water partition coefficient (Wildman–Crippen LogP) is 0.612. The summed E-state index contributed by atoms with van der Waals surface area (Å²) in [4.78, 5) is 12.8. The lowest BCUT2D eigenvalue weighted by Crippen LogP contribution is -2.49. The van der Waals surface area contributed by atoms with Crippen LogP contribution < -0.4 is 0 Å². The van der Waals surface area contributed by atoms with Crippen LogP contribution >= 0.6 is 15.9 Å². The molecule has 1 aliphatic rings. The zero-order valence-corrected chi connectivity index (χ0v) is 6.31. The van der Waals surface area contributed by atoms with Crippen LogP contribution in [0.1, 0.15) is 6.92 Å². The van der Waals surface area contributed by atoms with Crippen LogP contribution in [0.5, 0.6) is 0 Å². The molecule has 1 amide bonds. The van der Waals surface area contributed by atoms with E-state index < -0.39 is 0 Å². The minimum absolute atomic E-state index is 0.181. The van der Waals surface area contributed by atoms with Crippen molar-refractivity contribution in [3.63, 3.8) is 0 Å². The zero-order valence-electron chi connectivity index (χ0n) is 4.72. The van der Waals surface area contributed by atoms with E-state index in [-0.39, 0.29) is 5.91 Å². The van der Waals surface area contributed by atoms with E-state index in [0.29, 0.717) is 4.83 Å². The second kappa shape index (κ2) is 2.05. The number of alkyl halides is 1. The number of nitrogens with zero attached hydrogens (tertiary/aromatic N) is 1. The summed E-state index contributed by atoms with van der Waals surface area (Å²) in [5.41, 5.74) is 0. The van der Waals surface area contributed by atoms with Gasteiger partial charge in [-0.15, -0.1) is 0 Å². The minimum atomic E-state index is 0.181. The van der Waals surface area contributed by atoms with Crippen LogP contribution in [0.25, 0.3) is 0 Å². The molecule has 1 rings (SSSR count).